The second-order valence-electron chi connectivity index (χ2n) is 4.43. The number of alkyl halides is 3. The van der Waals surface area contributed by atoms with Gasteiger partial charge in [-0.2, -0.15) is 0 Å². The van der Waals surface area contributed by atoms with Gasteiger partial charge in [-0.1, -0.05) is 24.7 Å². The fraction of sp³-hybridized carbons (Fsp3) is 0.385. The average molecular weight is 349 g/mol. The number of hydrogen-bond donors (Lipinski definition) is 2. The minimum absolute atomic E-state index is 0.265. The minimum Gasteiger partial charge on any atom is -0.406 e. The summed E-state index contributed by atoms with van der Waals surface area (Å²) in [5, 5.41) is 6.92. The SMILES string of the molecule is CCCCNC(=S)Nc1nc2ccc(OC(F)(F)F)cc2s1. The van der Waals surface area contributed by atoms with Crippen molar-refractivity contribution in [3.63, 3.8) is 0 Å². The van der Waals surface area contributed by atoms with Crippen LogP contribution in [-0.4, -0.2) is 23.0 Å². The van der Waals surface area contributed by atoms with E-state index >= 15 is 0 Å². The summed E-state index contributed by atoms with van der Waals surface area (Å²) in [5.41, 5.74) is 0.582. The number of unbranched alkanes of at least 4 members (excludes halogenated alkanes) is 1. The second kappa shape index (κ2) is 7.10. The second-order valence-corrected chi connectivity index (χ2v) is 5.87. The normalized spacial score (nSPS) is 11.5. The number of nitrogens with one attached hydrogen (secondary N) is 2. The van der Waals surface area contributed by atoms with E-state index in [-0.39, 0.29) is 5.75 Å². The Kier molecular flexibility index (Phi) is 5.41. The van der Waals surface area contributed by atoms with Crippen LogP contribution in [0, 0.1) is 0 Å². The maximum absolute atomic E-state index is 12.2. The van der Waals surface area contributed by atoms with Crippen molar-refractivity contribution in [2.45, 2.75) is 26.1 Å². The zero-order chi connectivity index (χ0) is 16.2. The third kappa shape index (κ3) is 4.99. The lowest BCUT2D eigenvalue weighted by Crippen LogP contribution is -2.29. The molecule has 4 nitrogen and oxygen atoms in total. The first-order valence-electron chi connectivity index (χ1n) is 6.58. The first kappa shape index (κ1) is 16.8. The molecule has 0 aliphatic rings. The number of hydrogen-bond acceptors (Lipinski definition) is 4. The molecule has 0 amide bonds. The molecule has 120 valence electrons. The van der Waals surface area contributed by atoms with Gasteiger partial charge in [0.05, 0.1) is 10.2 Å². The minimum atomic E-state index is -4.70. The molecule has 0 bridgehead atoms. The topological polar surface area (TPSA) is 46.2 Å². The van der Waals surface area contributed by atoms with Gasteiger partial charge < -0.3 is 15.4 Å². The van der Waals surface area contributed by atoms with E-state index in [1.807, 2.05) is 0 Å². The van der Waals surface area contributed by atoms with Crippen LogP contribution in [0.1, 0.15) is 19.8 Å². The Morgan fingerprint density at radius 3 is 2.86 bits per heavy atom. The zero-order valence-corrected chi connectivity index (χ0v) is 13.3. The van der Waals surface area contributed by atoms with Crippen molar-refractivity contribution in [3.8, 4) is 5.75 Å². The molecule has 22 heavy (non-hydrogen) atoms. The van der Waals surface area contributed by atoms with Crippen LogP contribution in [-0.2, 0) is 0 Å². The Morgan fingerprint density at radius 1 is 1.41 bits per heavy atom. The van der Waals surface area contributed by atoms with Gasteiger partial charge in [0.2, 0.25) is 0 Å². The van der Waals surface area contributed by atoms with Crippen LogP contribution in [0.15, 0.2) is 18.2 Å². The highest BCUT2D eigenvalue weighted by atomic mass is 32.1. The Morgan fingerprint density at radius 2 is 2.18 bits per heavy atom. The van der Waals surface area contributed by atoms with E-state index in [9.17, 15) is 13.2 Å². The van der Waals surface area contributed by atoms with Gasteiger partial charge in [0, 0.05) is 12.6 Å². The Hall–Kier alpha value is -1.61. The number of benzene rings is 1. The lowest BCUT2D eigenvalue weighted by atomic mass is 10.3. The van der Waals surface area contributed by atoms with E-state index in [0.29, 0.717) is 20.5 Å². The summed E-state index contributed by atoms with van der Waals surface area (Å²) < 4.78 is 41.1. The fourth-order valence-corrected chi connectivity index (χ4v) is 2.84. The summed E-state index contributed by atoms with van der Waals surface area (Å²) >= 11 is 6.33. The standard InChI is InChI=1S/C13H14F3N3OS2/c1-2-3-6-17-11(21)19-12-18-9-5-4-8(7-10(9)22-12)20-13(14,15)16/h4-5,7H,2-3,6H2,1H3,(H2,17,18,19,21). The summed E-state index contributed by atoms with van der Waals surface area (Å²) in [4.78, 5) is 4.26. The van der Waals surface area contributed by atoms with Crippen LogP contribution < -0.4 is 15.4 Å². The molecule has 0 fully saturated rings. The third-order valence-electron chi connectivity index (χ3n) is 2.63. The van der Waals surface area contributed by atoms with E-state index < -0.39 is 6.36 Å². The highest BCUT2D eigenvalue weighted by Crippen LogP contribution is 2.31. The number of thiazole rings is 1. The molecule has 0 atom stereocenters. The number of rotatable bonds is 5. The van der Waals surface area contributed by atoms with E-state index in [2.05, 4.69) is 27.3 Å². The first-order valence-corrected chi connectivity index (χ1v) is 7.81. The average Bonchev–Trinajstić information content (AvgIpc) is 2.78. The number of aromatic nitrogens is 1. The molecule has 0 aliphatic carbocycles. The van der Waals surface area contributed by atoms with E-state index in [1.54, 1.807) is 0 Å². The van der Waals surface area contributed by atoms with Gasteiger partial charge in [-0.25, -0.2) is 4.98 Å². The Balaban J connectivity index is 2.05. The molecule has 1 heterocycles. The van der Waals surface area contributed by atoms with Crippen molar-refractivity contribution in [1.29, 1.82) is 0 Å². The van der Waals surface area contributed by atoms with Crippen LogP contribution in [0.25, 0.3) is 10.2 Å². The van der Waals surface area contributed by atoms with Crippen molar-refractivity contribution in [3.05, 3.63) is 18.2 Å². The summed E-state index contributed by atoms with van der Waals surface area (Å²) in [6.45, 7) is 2.84. The predicted octanol–water partition coefficient (Wildman–Crippen LogP) is 4.28. The van der Waals surface area contributed by atoms with E-state index in [0.717, 1.165) is 19.4 Å². The molecule has 9 heteroatoms. The maximum Gasteiger partial charge on any atom is 0.573 e. The van der Waals surface area contributed by atoms with Crippen molar-refractivity contribution >= 4 is 44.0 Å². The first-order chi connectivity index (χ1) is 10.4. The quantitative estimate of drug-likeness (QED) is 0.623. The van der Waals surface area contributed by atoms with E-state index in [4.69, 9.17) is 12.2 Å². The fourth-order valence-electron chi connectivity index (χ4n) is 1.68. The molecule has 1 aromatic heterocycles. The van der Waals surface area contributed by atoms with Crippen molar-refractivity contribution in [2.24, 2.45) is 0 Å². The Labute approximate surface area is 134 Å². The summed E-state index contributed by atoms with van der Waals surface area (Å²) in [6.07, 6.45) is -2.65. The molecular weight excluding hydrogens is 335 g/mol. The molecule has 0 unspecified atom stereocenters. The van der Waals surface area contributed by atoms with Gasteiger partial charge in [0.15, 0.2) is 10.2 Å². The van der Waals surface area contributed by atoms with Crippen molar-refractivity contribution in [1.82, 2.24) is 10.3 Å². The smallest absolute Gasteiger partial charge is 0.406 e. The summed E-state index contributed by atoms with van der Waals surface area (Å²) in [7, 11) is 0. The molecular formula is C13H14F3N3OS2. The Bertz CT molecular complexity index is 658. The highest BCUT2D eigenvalue weighted by molar-refractivity contribution is 7.80. The van der Waals surface area contributed by atoms with Crippen LogP contribution in [0.3, 0.4) is 0 Å². The summed E-state index contributed by atoms with van der Waals surface area (Å²) in [6, 6.07) is 4.02. The molecule has 2 rings (SSSR count). The number of fused-ring (bicyclic) bond motifs is 1. The number of halogens is 3. The molecule has 0 saturated carbocycles. The number of thiocarbonyl (C=S) groups is 1. The van der Waals surface area contributed by atoms with Crippen molar-refractivity contribution < 1.29 is 17.9 Å². The zero-order valence-electron chi connectivity index (χ0n) is 11.7. The predicted molar refractivity (Wildman–Crippen MR) is 85.4 cm³/mol. The molecule has 0 spiro atoms. The van der Waals surface area contributed by atoms with Crippen LogP contribution in [0.2, 0.25) is 0 Å². The highest BCUT2D eigenvalue weighted by Gasteiger charge is 2.31. The monoisotopic (exact) mass is 349 g/mol. The molecule has 2 N–H and O–H groups in total. The number of nitrogens with zero attached hydrogens (tertiary/aromatic N) is 1. The molecule has 2 aromatic rings. The largest absolute Gasteiger partial charge is 0.573 e. The van der Waals surface area contributed by atoms with Gasteiger partial charge in [-0.05, 0) is 30.8 Å². The van der Waals surface area contributed by atoms with Crippen LogP contribution >= 0.6 is 23.6 Å². The molecule has 1 aromatic carbocycles. The lowest BCUT2D eigenvalue weighted by molar-refractivity contribution is -0.274. The van der Waals surface area contributed by atoms with Gasteiger partial charge in [-0.3, -0.25) is 0 Å². The molecule has 0 radical (unpaired) electrons. The number of anilines is 1. The third-order valence-corrected chi connectivity index (χ3v) is 3.81. The van der Waals surface area contributed by atoms with Gasteiger partial charge in [0.25, 0.3) is 0 Å². The van der Waals surface area contributed by atoms with Gasteiger partial charge in [-0.15, -0.1) is 13.2 Å². The van der Waals surface area contributed by atoms with Crippen molar-refractivity contribution in [2.75, 3.05) is 11.9 Å². The number of ether oxygens (including phenoxy) is 1. The lowest BCUT2D eigenvalue weighted by Gasteiger charge is -2.07. The van der Waals surface area contributed by atoms with E-state index in [1.165, 1.54) is 29.5 Å². The van der Waals surface area contributed by atoms with Crippen LogP contribution in [0.5, 0.6) is 5.75 Å². The van der Waals surface area contributed by atoms with Gasteiger partial charge >= 0.3 is 6.36 Å². The molecule has 0 saturated heterocycles. The molecule has 0 aliphatic heterocycles. The maximum atomic E-state index is 12.2. The van der Waals surface area contributed by atoms with Gasteiger partial charge in [0.1, 0.15) is 5.75 Å². The summed E-state index contributed by atoms with van der Waals surface area (Å²) in [5.74, 6) is -0.265. The van der Waals surface area contributed by atoms with Crippen LogP contribution in [0.4, 0.5) is 18.3 Å².